The lowest BCUT2D eigenvalue weighted by Crippen LogP contribution is -2.48. The average Bonchev–Trinajstić information content (AvgIpc) is 3.16. The molecule has 2 aliphatic rings. The van der Waals surface area contributed by atoms with Crippen LogP contribution in [0.2, 0.25) is 0 Å². The fourth-order valence-electron chi connectivity index (χ4n) is 3.58. The maximum atomic E-state index is 13.1. The summed E-state index contributed by atoms with van der Waals surface area (Å²) >= 11 is 0. The van der Waals surface area contributed by atoms with Crippen LogP contribution in [0.25, 0.3) is 0 Å². The highest BCUT2D eigenvalue weighted by Crippen LogP contribution is 2.24. The minimum Gasteiger partial charge on any atom is -0.338 e. The molecule has 0 saturated carbocycles. The van der Waals surface area contributed by atoms with Crippen LogP contribution < -0.4 is 4.90 Å². The van der Waals surface area contributed by atoms with Crippen molar-refractivity contribution in [3.05, 3.63) is 35.6 Å². The van der Waals surface area contributed by atoms with Gasteiger partial charge < -0.3 is 4.90 Å². The van der Waals surface area contributed by atoms with E-state index in [4.69, 9.17) is 0 Å². The molecule has 9 heteroatoms. The molecule has 1 aromatic carbocycles. The first kappa shape index (κ1) is 16.6. The molecule has 3 heterocycles. The lowest BCUT2D eigenvalue weighted by atomic mass is 9.95. The first-order valence-corrected chi connectivity index (χ1v) is 8.76. The van der Waals surface area contributed by atoms with Crippen LogP contribution in [0.1, 0.15) is 29.6 Å². The molecule has 8 nitrogen and oxygen atoms in total. The van der Waals surface area contributed by atoms with Crippen molar-refractivity contribution in [2.24, 2.45) is 5.92 Å². The van der Waals surface area contributed by atoms with Crippen molar-refractivity contribution < 1.29 is 14.0 Å². The van der Waals surface area contributed by atoms with Crippen LogP contribution in [0.5, 0.6) is 0 Å². The maximum Gasteiger partial charge on any atom is 0.253 e. The number of amides is 2. The van der Waals surface area contributed by atoms with Gasteiger partial charge in [-0.3, -0.25) is 14.5 Å². The SMILES string of the molecule is O=C(c1ccc(F)cc1)N1CCCC(C(=O)N2CCCn3nnnc32)C1. The Morgan fingerprint density at radius 2 is 1.88 bits per heavy atom. The molecule has 1 saturated heterocycles. The number of hydrogen-bond donors (Lipinski definition) is 0. The Balaban J connectivity index is 1.48. The predicted octanol–water partition coefficient (Wildman–Crippen LogP) is 1.10. The summed E-state index contributed by atoms with van der Waals surface area (Å²) in [6.07, 6.45) is 2.28. The van der Waals surface area contributed by atoms with Crippen LogP contribution in [0.3, 0.4) is 0 Å². The molecule has 2 aromatic rings. The van der Waals surface area contributed by atoms with Crippen LogP contribution in [0.4, 0.5) is 10.3 Å². The summed E-state index contributed by atoms with van der Waals surface area (Å²) in [6, 6.07) is 5.49. The molecule has 1 atom stereocenters. The summed E-state index contributed by atoms with van der Waals surface area (Å²) in [4.78, 5) is 28.9. The standard InChI is InChI=1S/C17H19FN6O2/c18-14-6-4-12(5-7-14)15(25)22-8-1-3-13(11-22)16(26)23-9-2-10-24-17(23)19-20-21-24/h4-7,13H,1-3,8-11H2. The van der Waals surface area contributed by atoms with Gasteiger partial charge in [0.1, 0.15) is 5.82 Å². The highest BCUT2D eigenvalue weighted by atomic mass is 19.1. The third kappa shape index (κ3) is 3.04. The quantitative estimate of drug-likeness (QED) is 0.803. The Hall–Kier alpha value is -2.84. The summed E-state index contributed by atoms with van der Waals surface area (Å²) in [5, 5.41) is 11.5. The molecule has 1 fully saturated rings. The van der Waals surface area contributed by atoms with Crippen molar-refractivity contribution in [2.45, 2.75) is 25.8 Å². The molecule has 4 rings (SSSR count). The summed E-state index contributed by atoms with van der Waals surface area (Å²) < 4.78 is 14.7. The molecule has 1 unspecified atom stereocenters. The molecule has 136 valence electrons. The Kier molecular flexibility index (Phi) is 4.36. The molecule has 0 radical (unpaired) electrons. The van der Waals surface area contributed by atoms with Crippen LogP contribution in [-0.2, 0) is 11.3 Å². The van der Waals surface area contributed by atoms with E-state index in [1.165, 1.54) is 24.3 Å². The van der Waals surface area contributed by atoms with E-state index in [0.717, 1.165) is 19.3 Å². The molecule has 0 spiro atoms. The van der Waals surface area contributed by atoms with E-state index in [1.807, 2.05) is 0 Å². The van der Waals surface area contributed by atoms with Crippen molar-refractivity contribution >= 4 is 17.8 Å². The van der Waals surface area contributed by atoms with E-state index in [-0.39, 0.29) is 23.5 Å². The second-order valence-electron chi connectivity index (χ2n) is 6.64. The zero-order chi connectivity index (χ0) is 18.1. The van der Waals surface area contributed by atoms with Gasteiger partial charge in [-0.05, 0) is 54.0 Å². The molecule has 26 heavy (non-hydrogen) atoms. The normalized spacial score (nSPS) is 20.0. The van der Waals surface area contributed by atoms with Crippen molar-refractivity contribution in [3.63, 3.8) is 0 Å². The summed E-state index contributed by atoms with van der Waals surface area (Å²) in [7, 11) is 0. The smallest absolute Gasteiger partial charge is 0.253 e. The molecular weight excluding hydrogens is 339 g/mol. The lowest BCUT2D eigenvalue weighted by molar-refractivity contribution is -0.124. The van der Waals surface area contributed by atoms with Crippen LogP contribution in [-0.4, -0.2) is 56.6 Å². The first-order valence-electron chi connectivity index (χ1n) is 8.76. The second-order valence-corrected chi connectivity index (χ2v) is 6.64. The number of aromatic nitrogens is 4. The first-order chi connectivity index (χ1) is 12.6. The van der Waals surface area contributed by atoms with Crippen LogP contribution in [0, 0.1) is 11.7 Å². The third-order valence-corrected chi connectivity index (χ3v) is 4.92. The van der Waals surface area contributed by atoms with Crippen molar-refractivity contribution in [1.29, 1.82) is 0 Å². The van der Waals surface area contributed by atoms with Gasteiger partial charge in [0, 0.05) is 31.7 Å². The number of tetrazole rings is 1. The van der Waals surface area contributed by atoms with Gasteiger partial charge in [0.2, 0.25) is 5.91 Å². The molecule has 2 aliphatic heterocycles. The highest BCUT2D eigenvalue weighted by Gasteiger charge is 2.35. The number of halogens is 1. The fourth-order valence-corrected chi connectivity index (χ4v) is 3.58. The minimum absolute atomic E-state index is 0.0441. The highest BCUT2D eigenvalue weighted by molar-refractivity contribution is 5.96. The molecule has 0 aliphatic carbocycles. The number of hydrogen-bond acceptors (Lipinski definition) is 5. The number of piperidine rings is 1. The minimum atomic E-state index is -0.379. The average molecular weight is 358 g/mol. The van der Waals surface area contributed by atoms with E-state index in [2.05, 4.69) is 15.5 Å². The van der Waals surface area contributed by atoms with Gasteiger partial charge in [0.05, 0.1) is 5.92 Å². The van der Waals surface area contributed by atoms with Crippen LogP contribution in [0.15, 0.2) is 24.3 Å². The number of likely N-dealkylation sites (tertiary alicyclic amines) is 1. The topological polar surface area (TPSA) is 84.2 Å². The van der Waals surface area contributed by atoms with Crippen molar-refractivity contribution in [2.75, 3.05) is 24.5 Å². The van der Waals surface area contributed by atoms with Gasteiger partial charge in [0.15, 0.2) is 0 Å². The second kappa shape index (κ2) is 6.81. The van der Waals surface area contributed by atoms with Gasteiger partial charge in [-0.15, -0.1) is 0 Å². The van der Waals surface area contributed by atoms with Crippen molar-refractivity contribution in [1.82, 2.24) is 25.1 Å². The number of fused-ring (bicyclic) bond motifs is 1. The van der Waals surface area contributed by atoms with E-state index in [1.54, 1.807) is 14.5 Å². The third-order valence-electron chi connectivity index (χ3n) is 4.92. The Morgan fingerprint density at radius 3 is 2.69 bits per heavy atom. The van der Waals surface area contributed by atoms with E-state index in [9.17, 15) is 14.0 Å². The van der Waals surface area contributed by atoms with Gasteiger partial charge in [-0.1, -0.05) is 5.10 Å². The van der Waals surface area contributed by atoms with E-state index in [0.29, 0.717) is 37.7 Å². The number of carbonyl (C=O) groups excluding carboxylic acids is 2. The molecule has 2 amide bonds. The Morgan fingerprint density at radius 1 is 1.08 bits per heavy atom. The monoisotopic (exact) mass is 358 g/mol. The maximum absolute atomic E-state index is 13.1. The van der Waals surface area contributed by atoms with Gasteiger partial charge in [0.25, 0.3) is 11.9 Å². The zero-order valence-corrected chi connectivity index (χ0v) is 14.2. The van der Waals surface area contributed by atoms with E-state index < -0.39 is 0 Å². The predicted molar refractivity (Wildman–Crippen MR) is 89.8 cm³/mol. The summed E-state index contributed by atoms with van der Waals surface area (Å²) in [6.45, 7) is 2.23. The largest absolute Gasteiger partial charge is 0.338 e. The number of nitrogens with zero attached hydrogens (tertiary/aromatic N) is 6. The van der Waals surface area contributed by atoms with E-state index >= 15 is 0 Å². The fraction of sp³-hybridized carbons (Fsp3) is 0.471. The number of carbonyl (C=O) groups is 2. The molecule has 1 aromatic heterocycles. The summed E-state index contributed by atoms with van der Waals surface area (Å²) in [5.41, 5.74) is 0.432. The van der Waals surface area contributed by atoms with Crippen LogP contribution >= 0.6 is 0 Å². The molecular formula is C17H19FN6O2. The number of benzene rings is 1. The number of anilines is 1. The van der Waals surface area contributed by atoms with Gasteiger partial charge in [-0.25, -0.2) is 9.07 Å². The Labute approximate surface area is 149 Å². The number of aryl methyl sites for hydroxylation is 1. The zero-order valence-electron chi connectivity index (χ0n) is 14.2. The molecule has 0 N–H and O–H groups in total. The van der Waals surface area contributed by atoms with Gasteiger partial charge >= 0.3 is 0 Å². The Bertz CT molecular complexity index is 821. The number of rotatable bonds is 2. The van der Waals surface area contributed by atoms with Crippen molar-refractivity contribution in [3.8, 4) is 0 Å². The van der Waals surface area contributed by atoms with Gasteiger partial charge in [-0.2, -0.15) is 0 Å². The molecule has 0 bridgehead atoms. The lowest BCUT2D eigenvalue weighted by Gasteiger charge is -2.35. The summed E-state index contributed by atoms with van der Waals surface area (Å²) in [5.74, 6) is -0.404.